The SMILES string of the molecule is Cc1nc(-c2cnccn2)nc(NCC2CCCNC2)c1C. The van der Waals surface area contributed by atoms with Crippen LogP contribution in [-0.2, 0) is 0 Å². The molecule has 2 N–H and O–H groups in total. The van der Waals surface area contributed by atoms with Crippen LogP contribution in [0.15, 0.2) is 18.6 Å². The first-order valence-corrected chi connectivity index (χ1v) is 7.80. The molecule has 1 unspecified atom stereocenters. The first kappa shape index (κ1) is 14.8. The lowest BCUT2D eigenvalue weighted by atomic mass is 10.00. The summed E-state index contributed by atoms with van der Waals surface area (Å²) in [4.78, 5) is 17.6. The number of aryl methyl sites for hydroxylation is 1. The Labute approximate surface area is 130 Å². The van der Waals surface area contributed by atoms with E-state index in [2.05, 4.69) is 37.5 Å². The van der Waals surface area contributed by atoms with Gasteiger partial charge in [-0.3, -0.25) is 4.98 Å². The highest BCUT2D eigenvalue weighted by Crippen LogP contribution is 2.20. The Balaban J connectivity index is 1.79. The molecule has 1 aliphatic heterocycles. The normalized spacial score (nSPS) is 18.2. The van der Waals surface area contributed by atoms with Crippen LogP contribution in [0.4, 0.5) is 5.82 Å². The Hall–Kier alpha value is -2.08. The Morgan fingerprint density at radius 3 is 2.91 bits per heavy atom. The molecule has 0 spiro atoms. The van der Waals surface area contributed by atoms with Gasteiger partial charge in [-0.2, -0.15) is 0 Å². The Kier molecular flexibility index (Phi) is 4.58. The minimum absolute atomic E-state index is 0.625. The smallest absolute Gasteiger partial charge is 0.182 e. The summed E-state index contributed by atoms with van der Waals surface area (Å²) in [6.45, 7) is 7.21. The number of piperidine rings is 1. The summed E-state index contributed by atoms with van der Waals surface area (Å²) in [7, 11) is 0. The van der Waals surface area contributed by atoms with E-state index < -0.39 is 0 Å². The molecule has 116 valence electrons. The van der Waals surface area contributed by atoms with Crippen LogP contribution in [0.25, 0.3) is 11.5 Å². The maximum Gasteiger partial charge on any atom is 0.182 e. The molecule has 6 heteroatoms. The van der Waals surface area contributed by atoms with Crippen LogP contribution in [0.3, 0.4) is 0 Å². The number of nitrogens with zero attached hydrogens (tertiary/aromatic N) is 4. The van der Waals surface area contributed by atoms with Gasteiger partial charge in [0.25, 0.3) is 0 Å². The number of hydrogen-bond donors (Lipinski definition) is 2. The minimum atomic E-state index is 0.625. The summed E-state index contributed by atoms with van der Waals surface area (Å²) < 4.78 is 0. The number of aromatic nitrogens is 4. The molecule has 0 radical (unpaired) electrons. The lowest BCUT2D eigenvalue weighted by Crippen LogP contribution is -2.33. The average molecular weight is 298 g/mol. The number of anilines is 1. The van der Waals surface area contributed by atoms with E-state index in [4.69, 9.17) is 0 Å². The quantitative estimate of drug-likeness (QED) is 0.898. The molecule has 0 aromatic carbocycles. The Bertz CT molecular complexity index is 622. The predicted molar refractivity (Wildman–Crippen MR) is 86.6 cm³/mol. The van der Waals surface area contributed by atoms with Crippen LogP contribution in [0.1, 0.15) is 24.1 Å². The summed E-state index contributed by atoms with van der Waals surface area (Å²) in [6.07, 6.45) is 7.52. The van der Waals surface area contributed by atoms with E-state index in [0.717, 1.165) is 36.7 Å². The van der Waals surface area contributed by atoms with Crippen LogP contribution in [0.5, 0.6) is 0 Å². The van der Waals surface area contributed by atoms with E-state index in [-0.39, 0.29) is 0 Å². The third kappa shape index (κ3) is 3.39. The van der Waals surface area contributed by atoms with E-state index in [9.17, 15) is 0 Å². The average Bonchev–Trinajstić information content (AvgIpc) is 2.58. The van der Waals surface area contributed by atoms with Gasteiger partial charge in [0.2, 0.25) is 0 Å². The van der Waals surface area contributed by atoms with Gasteiger partial charge in [-0.25, -0.2) is 15.0 Å². The van der Waals surface area contributed by atoms with Gasteiger partial charge in [-0.15, -0.1) is 0 Å². The molecule has 1 aliphatic rings. The third-order valence-electron chi connectivity index (χ3n) is 4.14. The molecular formula is C16H22N6. The van der Waals surface area contributed by atoms with E-state index in [1.54, 1.807) is 18.6 Å². The van der Waals surface area contributed by atoms with E-state index >= 15 is 0 Å². The second-order valence-electron chi connectivity index (χ2n) is 5.79. The number of hydrogen-bond acceptors (Lipinski definition) is 6. The fourth-order valence-corrected chi connectivity index (χ4v) is 2.67. The van der Waals surface area contributed by atoms with Crippen molar-refractivity contribution in [2.45, 2.75) is 26.7 Å². The second kappa shape index (κ2) is 6.79. The third-order valence-corrected chi connectivity index (χ3v) is 4.14. The van der Waals surface area contributed by atoms with Gasteiger partial charge in [-0.1, -0.05) is 0 Å². The van der Waals surface area contributed by atoms with Gasteiger partial charge < -0.3 is 10.6 Å². The van der Waals surface area contributed by atoms with Crippen LogP contribution in [0, 0.1) is 19.8 Å². The van der Waals surface area contributed by atoms with Crippen molar-refractivity contribution in [3.8, 4) is 11.5 Å². The summed E-state index contributed by atoms with van der Waals surface area (Å²) in [5.41, 5.74) is 2.77. The van der Waals surface area contributed by atoms with Gasteiger partial charge in [0.05, 0.1) is 6.20 Å². The molecule has 2 aromatic heterocycles. The molecule has 3 heterocycles. The first-order chi connectivity index (χ1) is 10.7. The molecule has 6 nitrogen and oxygen atoms in total. The highest BCUT2D eigenvalue weighted by molar-refractivity contribution is 5.55. The molecule has 22 heavy (non-hydrogen) atoms. The summed E-state index contributed by atoms with van der Waals surface area (Å²) in [6, 6.07) is 0. The fraction of sp³-hybridized carbons (Fsp3) is 0.500. The Morgan fingerprint density at radius 2 is 2.18 bits per heavy atom. The Morgan fingerprint density at radius 1 is 1.27 bits per heavy atom. The van der Waals surface area contributed by atoms with E-state index in [1.807, 2.05) is 6.92 Å². The van der Waals surface area contributed by atoms with Crippen molar-refractivity contribution in [2.75, 3.05) is 25.0 Å². The molecule has 1 saturated heterocycles. The standard InChI is InChI=1S/C16H22N6/c1-11-12(2)21-16(14-10-18-6-7-19-14)22-15(11)20-9-13-4-3-5-17-8-13/h6-7,10,13,17H,3-5,8-9H2,1-2H3,(H,20,21,22). The molecule has 1 fully saturated rings. The summed E-state index contributed by atoms with van der Waals surface area (Å²) in [5.74, 6) is 2.18. The summed E-state index contributed by atoms with van der Waals surface area (Å²) in [5, 5.41) is 6.94. The molecule has 0 amide bonds. The maximum atomic E-state index is 4.64. The van der Waals surface area contributed by atoms with Crippen molar-refractivity contribution in [2.24, 2.45) is 5.92 Å². The van der Waals surface area contributed by atoms with Crippen molar-refractivity contribution in [1.82, 2.24) is 25.3 Å². The molecule has 0 aliphatic carbocycles. The van der Waals surface area contributed by atoms with Gasteiger partial charge in [-0.05, 0) is 45.7 Å². The predicted octanol–water partition coefficient (Wildman–Crippen LogP) is 1.96. The topological polar surface area (TPSA) is 75.6 Å². The van der Waals surface area contributed by atoms with Crippen molar-refractivity contribution < 1.29 is 0 Å². The van der Waals surface area contributed by atoms with Crippen molar-refractivity contribution >= 4 is 5.82 Å². The number of nitrogens with one attached hydrogen (secondary N) is 2. The van der Waals surface area contributed by atoms with Crippen LogP contribution < -0.4 is 10.6 Å². The highest BCUT2D eigenvalue weighted by atomic mass is 15.1. The largest absolute Gasteiger partial charge is 0.369 e. The van der Waals surface area contributed by atoms with Crippen LogP contribution in [0.2, 0.25) is 0 Å². The van der Waals surface area contributed by atoms with Gasteiger partial charge in [0, 0.05) is 30.2 Å². The molecule has 1 atom stereocenters. The van der Waals surface area contributed by atoms with Gasteiger partial charge in [0.15, 0.2) is 5.82 Å². The van der Waals surface area contributed by atoms with Gasteiger partial charge in [0.1, 0.15) is 11.5 Å². The highest BCUT2D eigenvalue weighted by Gasteiger charge is 2.15. The zero-order chi connectivity index (χ0) is 15.4. The zero-order valence-electron chi connectivity index (χ0n) is 13.1. The van der Waals surface area contributed by atoms with Crippen LogP contribution >= 0.6 is 0 Å². The molecule has 0 bridgehead atoms. The maximum absolute atomic E-state index is 4.64. The molecular weight excluding hydrogens is 276 g/mol. The van der Waals surface area contributed by atoms with E-state index in [0.29, 0.717) is 17.4 Å². The lowest BCUT2D eigenvalue weighted by molar-refractivity contribution is 0.392. The first-order valence-electron chi connectivity index (χ1n) is 7.80. The second-order valence-corrected chi connectivity index (χ2v) is 5.79. The van der Waals surface area contributed by atoms with Crippen molar-refractivity contribution in [3.63, 3.8) is 0 Å². The van der Waals surface area contributed by atoms with Crippen molar-refractivity contribution in [1.29, 1.82) is 0 Å². The molecule has 0 saturated carbocycles. The fourth-order valence-electron chi connectivity index (χ4n) is 2.67. The minimum Gasteiger partial charge on any atom is -0.369 e. The zero-order valence-corrected chi connectivity index (χ0v) is 13.1. The number of rotatable bonds is 4. The van der Waals surface area contributed by atoms with E-state index in [1.165, 1.54) is 12.8 Å². The summed E-state index contributed by atoms with van der Waals surface area (Å²) >= 11 is 0. The van der Waals surface area contributed by atoms with Gasteiger partial charge >= 0.3 is 0 Å². The molecule has 2 aromatic rings. The molecule has 3 rings (SSSR count). The van der Waals surface area contributed by atoms with Crippen LogP contribution in [-0.4, -0.2) is 39.6 Å². The van der Waals surface area contributed by atoms with Crippen molar-refractivity contribution in [3.05, 3.63) is 29.8 Å². The lowest BCUT2D eigenvalue weighted by Gasteiger charge is -2.23. The monoisotopic (exact) mass is 298 g/mol.